The Kier molecular flexibility index (Phi) is 4.62. The van der Waals surface area contributed by atoms with Crippen LogP contribution in [0.3, 0.4) is 0 Å². The van der Waals surface area contributed by atoms with Gasteiger partial charge in [-0.3, -0.25) is 0 Å². The Labute approximate surface area is 99.3 Å². The van der Waals surface area contributed by atoms with Gasteiger partial charge in [-0.25, -0.2) is 0 Å². The maximum Gasteiger partial charge on any atom is 0.0502 e. The molecule has 2 rings (SSSR count). The normalized spacial score (nSPS) is 29.2. The molecule has 1 saturated heterocycles. The first-order valence-electron chi connectivity index (χ1n) is 6.76. The molecule has 2 fully saturated rings. The summed E-state index contributed by atoms with van der Waals surface area (Å²) in [4.78, 5) is 2.58. The minimum Gasteiger partial charge on any atom is -0.384 e. The lowest BCUT2D eigenvalue weighted by atomic mass is 9.98. The summed E-state index contributed by atoms with van der Waals surface area (Å²) in [5.74, 6) is 1.59. The molecule has 2 unspecified atom stereocenters. The average Bonchev–Trinajstić information content (AvgIpc) is 3.11. The van der Waals surface area contributed by atoms with E-state index < -0.39 is 0 Å². The zero-order valence-electron chi connectivity index (χ0n) is 10.5. The second-order valence-electron chi connectivity index (χ2n) is 5.55. The monoisotopic (exact) mass is 226 g/mol. The fourth-order valence-corrected chi connectivity index (χ4v) is 2.82. The van der Waals surface area contributed by atoms with Gasteiger partial charge < -0.3 is 15.4 Å². The van der Waals surface area contributed by atoms with Crippen LogP contribution in [0.1, 0.15) is 32.1 Å². The third-order valence-electron chi connectivity index (χ3n) is 4.01. The van der Waals surface area contributed by atoms with Gasteiger partial charge in [-0.2, -0.15) is 0 Å². The Bertz CT molecular complexity index is 204. The Morgan fingerprint density at radius 3 is 2.88 bits per heavy atom. The van der Waals surface area contributed by atoms with Crippen LogP contribution in [0.15, 0.2) is 0 Å². The standard InChI is InChI=1S/C13H26N2O/c1-16-10-11-3-2-7-15(9-11)8-6-13(14)12-4-5-12/h11-13H,2-10,14H2,1H3. The second-order valence-corrected chi connectivity index (χ2v) is 5.55. The summed E-state index contributed by atoms with van der Waals surface area (Å²) in [6.07, 6.45) is 6.58. The SMILES string of the molecule is COCC1CCCN(CCC(N)C2CC2)C1. The molecule has 0 aromatic heterocycles. The number of piperidine rings is 1. The molecule has 0 spiro atoms. The summed E-state index contributed by atoms with van der Waals surface area (Å²) in [7, 11) is 1.81. The number of hydrogen-bond donors (Lipinski definition) is 1. The maximum atomic E-state index is 6.14. The van der Waals surface area contributed by atoms with Gasteiger partial charge in [-0.05, 0) is 57.0 Å². The number of likely N-dealkylation sites (tertiary alicyclic amines) is 1. The quantitative estimate of drug-likeness (QED) is 0.745. The van der Waals surface area contributed by atoms with Crippen molar-refractivity contribution in [1.29, 1.82) is 0 Å². The summed E-state index contributed by atoms with van der Waals surface area (Å²) < 4.78 is 5.25. The molecule has 2 N–H and O–H groups in total. The van der Waals surface area contributed by atoms with Gasteiger partial charge in [0.1, 0.15) is 0 Å². The van der Waals surface area contributed by atoms with Crippen LogP contribution in [0, 0.1) is 11.8 Å². The summed E-state index contributed by atoms with van der Waals surface area (Å²) in [5, 5.41) is 0. The largest absolute Gasteiger partial charge is 0.384 e. The van der Waals surface area contributed by atoms with Crippen molar-refractivity contribution < 1.29 is 4.74 Å². The van der Waals surface area contributed by atoms with Gasteiger partial charge in [0.15, 0.2) is 0 Å². The second kappa shape index (κ2) is 5.99. The van der Waals surface area contributed by atoms with Crippen LogP contribution in [0.5, 0.6) is 0 Å². The Morgan fingerprint density at radius 2 is 2.19 bits per heavy atom. The zero-order valence-corrected chi connectivity index (χ0v) is 10.5. The van der Waals surface area contributed by atoms with Crippen LogP contribution in [-0.4, -0.2) is 44.3 Å². The van der Waals surface area contributed by atoms with E-state index in [2.05, 4.69) is 4.90 Å². The van der Waals surface area contributed by atoms with Gasteiger partial charge in [0, 0.05) is 19.7 Å². The molecule has 3 nitrogen and oxygen atoms in total. The van der Waals surface area contributed by atoms with Crippen LogP contribution in [0.25, 0.3) is 0 Å². The molecule has 94 valence electrons. The Balaban J connectivity index is 1.64. The summed E-state index contributed by atoms with van der Waals surface area (Å²) in [6.45, 7) is 4.59. The number of ether oxygens (including phenoxy) is 1. The lowest BCUT2D eigenvalue weighted by molar-refractivity contribution is 0.0889. The van der Waals surface area contributed by atoms with E-state index in [4.69, 9.17) is 10.5 Å². The number of nitrogens with two attached hydrogens (primary N) is 1. The first-order valence-corrected chi connectivity index (χ1v) is 6.76. The minimum atomic E-state index is 0.461. The van der Waals surface area contributed by atoms with Crippen molar-refractivity contribution in [2.45, 2.75) is 38.1 Å². The molecule has 2 atom stereocenters. The summed E-state index contributed by atoms with van der Waals surface area (Å²) in [5.41, 5.74) is 6.14. The third-order valence-corrected chi connectivity index (χ3v) is 4.01. The fourth-order valence-electron chi connectivity index (χ4n) is 2.82. The molecular formula is C13H26N2O. The molecule has 16 heavy (non-hydrogen) atoms. The number of hydrogen-bond acceptors (Lipinski definition) is 3. The highest BCUT2D eigenvalue weighted by Crippen LogP contribution is 2.33. The average molecular weight is 226 g/mol. The van der Waals surface area contributed by atoms with Crippen molar-refractivity contribution in [2.24, 2.45) is 17.6 Å². The van der Waals surface area contributed by atoms with E-state index in [9.17, 15) is 0 Å². The first-order chi connectivity index (χ1) is 7.79. The van der Waals surface area contributed by atoms with E-state index in [1.54, 1.807) is 0 Å². The Hall–Kier alpha value is -0.120. The van der Waals surface area contributed by atoms with Gasteiger partial charge in [0.05, 0.1) is 6.61 Å². The number of methoxy groups -OCH3 is 1. The maximum absolute atomic E-state index is 6.14. The van der Waals surface area contributed by atoms with Crippen molar-refractivity contribution >= 4 is 0 Å². The third kappa shape index (κ3) is 3.72. The summed E-state index contributed by atoms with van der Waals surface area (Å²) in [6, 6.07) is 0.461. The lowest BCUT2D eigenvalue weighted by Gasteiger charge is -2.32. The van der Waals surface area contributed by atoms with E-state index in [0.29, 0.717) is 6.04 Å². The molecule has 0 bridgehead atoms. The molecule has 0 amide bonds. The predicted molar refractivity (Wildman–Crippen MR) is 66.4 cm³/mol. The van der Waals surface area contributed by atoms with E-state index in [0.717, 1.165) is 18.4 Å². The number of rotatable bonds is 6. The molecular weight excluding hydrogens is 200 g/mol. The van der Waals surface area contributed by atoms with Crippen molar-refractivity contribution in [3.05, 3.63) is 0 Å². The molecule has 0 radical (unpaired) electrons. The molecule has 1 aliphatic carbocycles. The van der Waals surface area contributed by atoms with Gasteiger partial charge in [0.2, 0.25) is 0 Å². The van der Waals surface area contributed by atoms with Crippen LogP contribution >= 0.6 is 0 Å². The minimum absolute atomic E-state index is 0.461. The molecule has 1 heterocycles. The summed E-state index contributed by atoms with van der Waals surface area (Å²) >= 11 is 0. The van der Waals surface area contributed by atoms with Crippen molar-refractivity contribution in [3.63, 3.8) is 0 Å². The highest BCUT2D eigenvalue weighted by molar-refractivity contribution is 4.85. The molecule has 1 saturated carbocycles. The highest BCUT2D eigenvalue weighted by Gasteiger charge is 2.29. The van der Waals surface area contributed by atoms with E-state index in [1.807, 2.05) is 7.11 Å². The number of nitrogens with zero attached hydrogens (tertiary/aromatic N) is 1. The van der Waals surface area contributed by atoms with E-state index >= 15 is 0 Å². The van der Waals surface area contributed by atoms with Crippen LogP contribution in [0.4, 0.5) is 0 Å². The Morgan fingerprint density at radius 1 is 1.38 bits per heavy atom. The zero-order chi connectivity index (χ0) is 11.4. The van der Waals surface area contributed by atoms with Gasteiger partial charge in [-0.15, -0.1) is 0 Å². The molecule has 2 aliphatic rings. The van der Waals surface area contributed by atoms with E-state index in [-0.39, 0.29) is 0 Å². The molecule has 0 aromatic rings. The molecule has 3 heteroatoms. The first kappa shape index (κ1) is 12.3. The molecule has 1 aliphatic heterocycles. The van der Waals surface area contributed by atoms with Crippen molar-refractivity contribution in [3.8, 4) is 0 Å². The molecule has 0 aromatic carbocycles. The van der Waals surface area contributed by atoms with Crippen LogP contribution in [0.2, 0.25) is 0 Å². The fraction of sp³-hybridized carbons (Fsp3) is 1.00. The van der Waals surface area contributed by atoms with Crippen LogP contribution < -0.4 is 5.73 Å². The topological polar surface area (TPSA) is 38.5 Å². The van der Waals surface area contributed by atoms with Gasteiger partial charge in [-0.1, -0.05) is 0 Å². The lowest BCUT2D eigenvalue weighted by Crippen LogP contribution is -2.39. The van der Waals surface area contributed by atoms with Gasteiger partial charge >= 0.3 is 0 Å². The smallest absolute Gasteiger partial charge is 0.0502 e. The highest BCUT2D eigenvalue weighted by atomic mass is 16.5. The predicted octanol–water partition coefficient (Wildman–Crippen LogP) is 1.47. The van der Waals surface area contributed by atoms with Crippen LogP contribution in [-0.2, 0) is 4.74 Å². The van der Waals surface area contributed by atoms with Crippen molar-refractivity contribution in [2.75, 3.05) is 33.4 Å². The van der Waals surface area contributed by atoms with Gasteiger partial charge in [0.25, 0.3) is 0 Å². The van der Waals surface area contributed by atoms with E-state index in [1.165, 1.54) is 51.7 Å². The van der Waals surface area contributed by atoms with Crippen molar-refractivity contribution in [1.82, 2.24) is 4.90 Å².